The molecule has 9 aromatic carbocycles. The summed E-state index contributed by atoms with van der Waals surface area (Å²) < 4.78 is 68.2. The maximum absolute atomic E-state index is 9.28. The number of rotatable bonds is 6. The van der Waals surface area contributed by atoms with Gasteiger partial charge in [0.25, 0.3) is 0 Å². The molecule has 0 saturated heterocycles. The Morgan fingerprint density at radius 2 is 1.02 bits per heavy atom. The maximum atomic E-state index is 9.28. The third-order valence-corrected chi connectivity index (χ3v) is 9.79. The second kappa shape index (κ2) is 12.5. The minimum absolute atomic E-state index is 0.00788. The molecule has 0 aliphatic rings. The normalized spacial score (nSPS) is 13.3. The molecule has 0 aliphatic heterocycles. The third kappa shape index (κ3) is 5.12. The van der Waals surface area contributed by atoms with Crippen molar-refractivity contribution >= 4 is 60.5 Å². The fourth-order valence-corrected chi connectivity index (χ4v) is 7.25. The summed E-state index contributed by atoms with van der Waals surface area (Å²) in [6.45, 7) is 0. The smallest absolute Gasteiger partial charge is 0.143 e. The highest BCUT2D eigenvalue weighted by molar-refractivity contribution is 6.19. The van der Waals surface area contributed by atoms with Crippen LogP contribution in [0.4, 0.5) is 17.1 Å². The first-order valence-electron chi connectivity index (χ1n) is 20.7. The molecule has 10 aromatic rings. The van der Waals surface area contributed by atoms with E-state index in [0.717, 1.165) is 66.1 Å². The predicted molar refractivity (Wildman–Crippen MR) is 220 cm³/mol. The minimum Gasteiger partial charge on any atom is -0.455 e. The number of furan rings is 1. The molecule has 0 saturated carbocycles. The summed E-state index contributed by atoms with van der Waals surface area (Å²) in [6.07, 6.45) is 0. The lowest BCUT2D eigenvalue weighted by Gasteiger charge is -2.27. The Bertz CT molecular complexity index is 3260. The number of anilines is 3. The van der Waals surface area contributed by atoms with Crippen molar-refractivity contribution in [3.8, 4) is 33.4 Å². The van der Waals surface area contributed by atoms with Crippen LogP contribution in [-0.2, 0) is 0 Å². The molecule has 0 fully saturated rings. The van der Waals surface area contributed by atoms with E-state index in [4.69, 9.17) is 12.6 Å². The van der Waals surface area contributed by atoms with Crippen molar-refractivity contribution < 1.29 is 14.0 Å². The van der Waals surface area contributed by atoms with Crippen LogP contribution in [0.1, 0.15) is 9.60 Å². The van der Waals surface area contributed by atoms with E-state index in [9.17, 15) is 1.37 Å². The van der Waals surface area contributed by atoms with E-state index < -0.39 is 30.2 Å². The minimum atomic E-state index is -0.494. The Balaban J connectivity index is 1.14. The Morgan fingerprint density at radius 1 is 0.404 bits per heavy atom. The van der Waals surface area contributed by atoms with Gasteiger partial charge < -0.3 is 9.32 Å². The topological polar surface area (TPSA) is 16.4 Å². The number of nitrogens with zero attached hydrogens (tertiary/aromatic N) is 1. The van der Waals surface area contributed by atoms with Gasteiger partial charge in [-0.15, -0.1) is 0 Å². The zero-order valence-electron chi connectivity index (χ0n) is 34.9. The van der Waals surface area contributed by atoms with Crippen LogP contribution in [0.2, 0.25) is 0 Å². The fourth-order valence-electron chi connectivity index (χ4n) is 7.25. The molecular formula is C50H33NO. The zero-order chi connectivity index (χ0) is 40.5. The van der Waals surface area contributed by atoms with Gasteiger partial charge >= 0.3 is 0 Å². The Labute approximate surface area is 312 Å². The van der Waals surface area contributed by atoms with Crippen molar-refractivity contribution in [3.05, 3.63) is 200 Å². The van der Waals surface area contributed by atoms with Gasteiger partial charge in [0.15, 0.2) is 0 Å². The summed E-state index contributed by atoms with van der Waals surface area (Å²) in [5.74, 6) is 0. The molecule has 244 valence electrons. The highest BCUT2D eigenvalue weighted by atomic mass is 16.3. The third-order valence-electron chi connectivity index (χ3n) is 9.79. The van der Waals surface area contributed by atoms with Crippen LogP contribution in [0.3, 0.4) is 0 Å². The highest BCUT2D eigenvalue weighted by Crippen LogP contribution is 2.43. The van der Waals surface area contributed by atoms with E-state index in [1.54, 1.807) is 4.90 Å². The monoisotopic (exact) mass is 670 g/mol. The fraction of sp³-hybridized carbons (Fsp3) is 0. The van der Waals surface area contributed by atoms with Crippen LogP contribution < -0.4 is 4.90 Å². The van der Waals surface area contributed by atoms with E-state index in [-0.39, 0.29) is 28.5 Å². The standard InChI is InChI=1S/C50H33NO/c1-2-10-34(11-3-1)35-20-22-36(23-21-35)37-24-29-41(30-25-37)51(47-18-8-14-38-12-4-6-15-43(38)47)42-31-26-40(27-32-42)44-17-9-19-48-49(44)46-33-28-39-13-5-7-16-45(39)50(46)52-48/h1-33H/i4D,6D,8D,12D,14D,15D,18D. The molecule has 0 atom stereocenters. The van der Waals surface area contributed by atoms with E-state index in [1.165, 1.54) is 0 Å². The molecule has 2 heteroatoms. The van der Waals surface area contributed by atoms with Crippen LogP contribution in [0, 0.1) is 0 Å². The van der Waals surface area contributed by atoms with Gasteiger partial charge in [-0.05, 0) is 86.6 Å². The molecule has 0 radical (unpaired) electrons. The molecular weight excluding hydrogens is 631 g/mol. The van der Waals surface area contributed by atoms with Crippen molar-refractivity contribution in [2.24, 2.45) is 0 Å². The summed E-state index contributed by atoms with van der Waals surface area (Å²) in [4.78, 5) is 1.76. The van der Waals surface area contributed by atoms with E-state index in [2.05, 4.69) is 66.7 Å². The van der Waals surface area contributed by atoms with Gasteiger partial charge in [0.05, 0.1) is 15.3 Å². The van der Waals surface area contributed by atoms with E-state index >= 15 is 0 Å². The predicted octanol–water partition coefficient (Wildman–Crippen LogP) is 14.4. The molecule has 0 bridgehead atoms. The molecule has 0 aliphatic carbocycles. The van der Waals surface area contributed by atoms with Gasteiger partial charge in [0.1, 0.15) is 11.2 Å². The second-order valence-corrected chi connectivity index (χ2v) is 12.8. The molecule has 1 heterocycles. The molecule has 0 unspecified atom stereocenters. The number of fused-ring (bicyclic) bond motifs is 6. The van der Waals surface area contributed by atoms with Crippen molar-refractivity contribution in [1.29, 1.82) is 0 Å². The van der Waals surface area contributed by atoms with Crippen LogP contribution >= 0.6 is 0 Å². The van der Waals surface area contributed by atoms with Crippen molar-refractivity contribution in [2.75, 3.05) is 4.90 Å². The lowest BCUT2D eigenvalue weighted by molar-refractivity contribution is 0.673. The molecule has 0 spiro atoms. The Morgan fingerprint density at radius 3 is 1.77 bits per heavy atom. The molecule has 0 amide bonds. The van der Waals surface area contributed by atoms with E-state index in [1.807, 2.05) is 91.0 Å². The van der Waals surface area contributed by atoms with Gasteiger partial charge in [-0.25, -0.2) is 0 Å². The number of hydrogen-bond donors (Lipinski definition) is 0. The lowest BCUT2D eigenvalue weighted by atomic mass is 9.97. The maximum Gasteiger partial charge on any atom is 0.143 e. The van der Waals surface area contributed by atoms with Crippen molar-refractivity contribution in [3.63, 3.8) is 0 Å². The molecule has 0 N–H and O–H groups in total. The summed E-state index contributed by atoms with van der Waals surface area (Å²) in [5, 5.41) is 4.04. The molecule has 2 nitrogen and oxygen atoms in total. The summed E-state index contributed by atoms with van der Waals surface area (Å²) >= 11 is 0. The summed E-state index contributed by atoms with van der Waals surface area (Å²) in [5.41, 5.74) is 8.99. The first-order chi connectivity index (χ1) is 28.7. The largest absolute Gasteiger partial charge is 0.455 e. The molecule has 52 heavy (non-hydrogen) atoms. The van der Waals surface area contributed by atoms with Crippen LogP contribution in [0.5, 0.6) is 0 Å². The van der Waals surface area contributed by atoms with Crippen LogP contribution in [0.25, 0.3) is 76.9 Å². The van der Waals surface area contributed by atoms with E-state index in [0.29, 0.717) is 11.4 Å². The molecule has 10 rings (SSSR count). The average molecular weight is 671 g/mol. The first kappa shape index (κ1) is 23.5. The quantitative estimate of drug-likeness (QED) is 0.175. The van der Waals surface area contributed by atoms with Gasteiger partial charge in [-0.3, -0.25) is 0 Å². The SMILES string of the molecule is [2H]c1c([2H])c([2H])c2c(N(c3ccc(-c4ccc(-c5ccccc5)cc4)cc3)c3ccc(-c4cccc5oc6c7ccccc7ccc6c45)cc3)c([2H])c([2H])c([2H])c2c1[2H]. The lowest BCUT2D eigenvalue weighted by Crippen LogP contribution is -2.10. The Kier molecular flexibility index (Phi) is 5.63. The van der Waals surface area contributed by atoms with Gasteiger partial charge in [-0.1, -0.05) is 158 Å². The summed E-state index contributed by atoms with van der Waals surface area (Å²) in [6, 6.07) is 49.5. The molecule has 1 aromatic heterocycles. The van der Waals surface area contributed by atoms with Crippen LogP contribution in [-0.4, -0.2) is 0 Å². The number of hydrogen-bond acceptors (Lipinski definition) is 2. The van der Waals surface area contributed by atoms with Crippen LogP contribution in [0.15, 0.2) is 204 Å². The second-order valence-electron chi connectivity index (χ2n) is 12.8. The van der Waals surface area contributed by atoms with Crippen molar-refractivity contribution in [2.45, 2.75) is 0 Å². The average Bonchev–Trinajstić information content (AvgIpc) is 3.68. The van der Waals surface area contributed by atoms with Gasteiger partial charge in [0.2, 0.25) is 0 Å². The Hall–Kier alpha value is -6.90. The highest BCUT2D eigenvalue weighted by Gasteiger charge is 2.18. The number of benzene rings is 9. The zero-order valence-corrected chi connectivity index (χ0v) is 27.9. The van der Waals surface area contributed by atoms with Gasteiger partial charge in [0, 0.05) is 32.9 Å². The van der Waals surface area contributed by atoms with Gasteiger partial charge in [-0.2, -0.15) is 0 Å². The van der Waals surface area contributed by atoms with Crippen molar-refractivity contribution in [1.82, 2.24) is 0 Å². The summed E-state index contributed by atoms with van der Waals surface area (Å²) in [7, 11) is 0. The first-order valence-corrected chi connectivity index (χ1v) is 17.2.